The molecular formula is C18H36N2O. The van der Waals surface area contributed by atoms with E-state index < -0.39 is 0 Å². The maximum atomic E-state index is 5.59. The quantitative estimate of drug-likeness (QED) is 0.815. The maximum Gasteiger partial charge on any atom is 0.0698 e. The standard InChI is InChI=1S/C18H36N2O/c1-5-8-19-18-11-14(2)10-15(3)17(18)13-20-9-6-7-16(12-20)21-4/h14-19H,5-13H2,1-4H3. The first-order chi connectivity index (χ1) is 10.1. The van der Waals surface area contributed by atoms with Crippen LogP contribution >= 0.6 is 0 Å². The Labute approximate surface area is 131 Å². The van der Waals surface area contributed by atoms with E-state index in [0.29, 0.717) is 12.1 Å². The predicted octanol–water partition coefficient (Wildman–Crippen LogP) is 3.15. The summed E-state index contributed by atoms with van der Waals surface area (Å²) in [6.45, 7) is 12.0. The fraction of sp³-hybridized carbons (Fsp3) is 1.00. The second-order valence-electron chi connectivity index (χ2n) is 7.54. The molecule has 124 valence electrons. The number of nitrogens with one attached hydrogen (secondary N) is 1. The lowest BCUT2D eigenvalue weighted by molar-refractivity contribution is 0.0123. The normalized spacial score (nSPS) is 38.6. The summed E-state index contributed by atoms with van der Waals surface area (Å²) >= 11 is 0. The van der Waals surface area contributed by atoms with E-state index in [4.69, 9.17) is 4.74 Å². The zero-order valence-electron chi connectivity index (χ0n) is 14.6. The molecule has 0 amide bonds. The molecule has 0 spiro atoms. The van der Waals surface area contributed by atoms with Crippen molar-refractivity contribution in [1.29, 1.82) is 0 Å². The van der Waals surface area contributed by atoms with E-state index in [-0.39, 0.29) is 0 Å². The van der Waals surface area contributed by atoms with Gasteiger partial charge >= 0.3 is 0 Å². The highest BCUT2D eigenvalue weighted by Gasteiger charge is 2.35. The van der Waals surface area contributed by atoms with Crippen molar-refractivity contribution in [1.82, 2.24) is 10.2 Å². The molecule has 21 heavy (non-hydrogen) atoms. The van der Waals surface area contributed by atoms with E-state index >= 15 is 0 Å². The second kappa shape index (κ2) is 8.50. The number of piperidine rings is 1. The van der Waals surface area contributed by atoms with Gasteiger partial charge in [0.25, 0.3) is 0 Å². The smallest absolute Gasteiger partial charge is 0.0698 e. The molecule has 2 rings (SSSR count). The van der Waals surface area contributed by atoms with Crippen molar-refractivity contribution in [3.63, 3.8) is 0 Å². The molecule has 0 aromatic carbocycles. The van der Waals surface area contributed by atoms with Crippen LogP contribution in [0.4, 0.5) is 0 Å². The maximum absolute atomic E-state index is 5.59. The molecule has 5 unspecified atom stereocenters. The van der Waals surface area contributed by atoms with Crippen molar-refractivity contribution in [3.05, 3.63) is 0 Å². The molecule has 0 radical (unpaired) electrons. The average Bonchev–Trinajstić information content (AvgIpc) is 2.48. The van der Waals surface area contributed by atoms with Gasteiger partial charge in [-0.25, -0.2) is 0 Å². The predicted molar refractivity (Wildman–Crippen MR) is 89.6 cm³/mol. The van der Waals surface area contributed by atoms with E-state index in [1.54, 1.807) is 0 Å². The highest BCUT2D eigenvalue weighted by atomic mass is 16.5. The van der Waals surface area contributed by atoms with E-state index in [9.17, 15) is 0 Å². The fourth-order valence-electron chi connectivity index (χ4n) is 4.45. The van der Waals surface area contributed by atoms with Gasteiger partial charge < -0.3 is 15.0 Å². The monoisotopic (exact) mass is 296 g/mol. The van der Waals surface area contributed by atoms with Crippen molar-refractivity contribution in [3.8, 4) is 0 Å². The van der Waals surface area contributed by atoms with Crippen LogP contribution in [0.3, 0.4) is 0 Å². The van der Waals surface area contributed by atoms with Gasteiger partial charge in [-0.1, -0.05) is 20.8 Å². The van der Waals surface area contributed by atoms with Crippen molar-refractivity contribution in [2.24, 2.45) is 17.8 Å². The summed E-state index contributed by atoms with van der Waals surface area (Å²) in [5, 5.41) is 3.84. The number of hydrogen-bond acceptors (Lipinski definition) is 3. The third kappa shape index (κ3) is 4.94. The van der Waals surface area contributed by atoms with Gasteiger partial charge in [-0.2, -0.15) is 0 Å². The Bertz CT molecular complexity index is 297. The van der Waals surface area contributed by atoms with Gasteiger partial charge in [0.2, 0.25) is 0 Å². The van der Waals surface area contributed by atoms with E-state index in [0.717, 1.165) is 24.3 Å². The molecule has 1 heterocycles. The first-order valence-corrected chi connectivity index (χ1v) is 9.12. The SMILES string of the molecule is CCCNC1CC(C)CC(C)C1CN1CCCC(OC)C1. The number of rotatable bonds is 6. The molecule has 1 N–H and O–H groups in total. The highest BCUT2D eigenvalue weighted by Crippen LogP contribution is 2.34. The fourth-order valence-corrected chi connectivity index (χ4v) is 4.45. The van der Waals surface area contributed by atoms with E-state index in [1.807, 2.05) is 7.11 Å². The Balaban J connectivity index is 1.93. The Morgan fingerprint density at radius 3 is 2.76 bits per heavy atom. The van der Waals surface area contributed by atoms with Crippen LogP contribution < -0.4 is 5.32 Å². The molecule has 0 aromatic heterocycles. The molecule has 2 fully saturated rings. The van der Waals surface area contributed by atoms with Crippen LogP contribution in [-0.2, 0) is 4.74 Å². The highest BCUT2D eigenvalue weighted by molar-refractivity contribution is 4.90. The average molecular weight is 296 g/mol. The molecule has 3 nitrogen and oxygen atoms in total. The van der Waals surface area contributed by atoms with Crippen LogP contribution in [0.15, 0.2) is 0 Å². The van der Waals surface area contributed by atoms with Crippen LogP contribution in [0.5, 0.6) is 0 Å². The minimum atomic E-state index is 0.457. The summed E-state index contributed by atoms with van der Waals surface area (Å²) in [5.74, 6) is 2.52. The van der Waals surface area contributed by atoms with Gasteiger partial charge in [0.05, 0.1) is 6.10 Å². The lowest BCUT2D eigenvalue weighted by atomic mass is 9.72. The van der Waals surface area contributed by atoms with Gasteiger partial charge in [0.15, 0.2) is 0 Å². The lowest BCUT2D eigenvalue weighted by Gasteiger charge is -2.44. The number of nitrogens with zero attached hydrogens (tertiary/aromatic N) is 1. The molecule has 1 aliphatic heterocycles. The van der Waals surface area contributed by atoms with Crippen LogP contribution in [0.25, 0.3) is 0 Å². The number of methoxy groups -OCH3 is 1. The number of hydrogen-bond donors (Lipinski definition) is 1. The largest absolute Gasteiger partial charge is 0.380 e. The zero-order chi connectivity index (χ0) is 15.2. The summed E-state index contributed by atoms with van der Waals surface area (Å²) in [7, 11) is 1.87. The molecule has 1 saturated carbocycles. The van der Waals surface area contributed by atoms with E-state index in [2.05, 4.69) is 31.0 Å². The van der Waals surface area contributed by atoms with Gasteiger partial charge in [-0.05, 0) is 62.9 Å². The van der Waals surface area contributed by atoms with Crippen molar-refractivity contribution in [2.45, 2.75) is 65.0 Å². The molecular weight excluding hydrogens is 260 g/mol. The lowest BCUT2D eigenvalue weighted by Crippen LogP contribution is -2.51. The van der Waals surface area contributed by atoms with Gasteiger partial charge in [-0.3, -0.25) is 0 Å². The second-order valence-corrected chi connectivity index (χ2v) is 7.54. The van der Waals surface area contributed by atoms with Crippen LogP contribution in [-0.4, -0.2) is 50.3 Å². The number of likely N-dealkylation sites (tertiary alicyclic amines) is 1. The van der Waals surface area contributed by atoms with Crippen molar-refractivity contribution < 1.29 is 4.74 Å². The molecule has 3 heteroatoms. The Kier molecular flexibility index (Phi) is 6.97. The van der Waals surface area contributed by atoms with Gasteiger partial charge in [0, 0.05) is 26.2 Å². The summed E-state index contributed by atoms with van der Waals surface area (Å²) < 4.78 is 5.59. The molecule has 0 bridgehead atoms. The Morgan fingerprint density at radius 1 is 1.24 bits per heavy atom. The van der Waals surface area contributed by atoms with Crippen molar-refractivity contribution >= 4 is 0 Å². The topological polar surface area (TPSA) is 24.5 Å². The van der Waals surface area contributed by atoms with Crippen molar-refractivity contribution in [2.75, 3.05) is 33.3 Å². The summed E-state index contributed by atoms with van der Waals surface area (Å²) in [4.78, 5) is 2.66. The summed E-state index contributed by atoms with van der Waals surface area (Å²) in [5.41, 5.74) is 0. The third-order valence-electron chi connectivity index (χ3n) is 5.60. The van der Waals surface area contributed by atoms with Gasteiger partial charge in [0.1, 0.15) is 0 Å². The minimum absolute atomic E-state index is 0.457. The molecule has 5 atom stereocenters. The number of ether oxygens (including phenoxy) is 1. The molecule has 2 aliphatic rings. The Hall–Kier alpha value is -0.120. The zero-order valence-corrected chi connectivity index (χ0v) is 14.6. The van der Waals surface area contributed by atoms with E-state index in [1.165, 1.54) is 51.7 Å². The first kappa shape index (κ1) is 17.2. The molecule has 1 saturated heterocycles. The molecule has 1 aliphatic carbocycles. The molecule has 0 aromatic rings. The Morgan fingerprint density at radius 2 is 2.05 bits per heavy atom. The van der Waals surface area contributed by atoms with Crippen LogP contribution in [0.1, 0.15) is 52.9 Å². The van der Waals surface area contributed by atoms with Gasteiger partial charge in [-0.15, -0.1) is 0 Å². The minimum Gasteiger partial charge on any atom is -0.380 e. The third-order valence-corrected chi connectivity index (χ3v) is 5.60. The summed E-state index contributed by atoms with van der Waals surface area (Å²) in [6.07, 6.45) is 6.98. The van der Waals surface area contributed by atoms with Crippen LogP contribution in [0.2, 0.25) is 0 Å². The first-order valence-electron chi connectivity index (χ1n) is 9.12. The summed E-state index contributed by atoms with van der Waals surface area (Å²) in [6, 6.07) is 0.714. The van der Waals surface area contributed by atoms with Crippen LogP contribution in [0, 0.1) is 17.8 Å².